The fourth-order valence-electron chi connectivity index (χ4n) is 1.95. The summed E-state index contributed by atoms with van der Waals surface area (Å²) in [5.74, 6) is 0. The topological polar surface area (TPSA) is 42.7 Å². The van der Waals surface area contributed by atoms with Crippen LogP contribution in [0.1, 0.15) is 22.9 Å². The molecule has 0 amide bonds. The zero-order valence-corrected chi connectivity index (χ0v) is 13.6. The van der Waals surface area contributed by atoms with E-state index in [1.54, 1.807) is 4.68 Å². The van der Waals surface area contributed by atoms with Crippen molar-refractivity contribution in [1.29, 1.82) is 0 Å². The summed E-state index contributed by atoms with van der Waals surface area (Å²) in [6, 6.07) is 6.38. The molecule has 18 heavy (non-hydrogen) atoms. The maximum atomic E-state index is 4.03. The highest BCUT2D eigenvalue weighted by Gasteiger charge is 2.20. The molecule has 1 N–H and O–H groups in total. The molecule has 0 aliphatic carbocycles. The molecule has 0 aliphatic rings. The van der Waals surface area contributed by atoms with Crippen molar-refractivity contribution in [1.82, 2.24) is 20.3 Å². The Balaban J connectivity index is 2.48. The fraction of sp³-hybridized carbons (Fsp3) is 0.333. The van der Waals surface area contributed by atoms with Gasteiger partial charge in [-0.2, -0.15) is 0 Å². The van der Waals surface area contributed by atoms with Gasteiger partial charge in [0, 0.05) is 11.5 Å². The van der Waals surface area contributed by atoms with Crippen LogP contribution in [0.25, 0.3) is 0 Å². The van der Waals surface area contributed by atoms with Crippen LogP contribution in [0.5, 0.6) is 0 Å². The van der Waals surface area contributed by atoms with Crippen LogP contribution < -0.4 is 5.32 Å². The highest BCUT2D eigenvalue weighted by Crippen LogP contribution is 2.28. The SMILES string of the molecule is CNC(c1ccc(Br)c(C)c1)c1c(Br)nnn1C. The molecule has 0 fully saturated rings. The molecule has 96 valence electrons. The van der Waals surface area contributed by atoms with E-state index in [4.69, 9.17) is 0 Å². The lowest BCUT2D eigenvalue weighted by Crippen LogP contribution is -2.21. The van der Waals surface area contributed by atoms with Crippen molar-refractivity contribution in [2.24, 2.45) is 7.05 Å². The van der Waals surface area contributed by atoms with E-state index < -0.39 is 0 Å². The van der Waals surface area contributed by atoms with Crippen LogP contribution >= 0.6 is 31.9 Å². The summed E-state index contributed by atoms with van der Waals surface area (Å²) < 4.78 is 3.66. The molecule has 6 heteroatoms. The molecule has 1 aromatic heterocycles. The van der Waals surface area contributed by atoms with Crippen molar-refractivity contribution >= 4 is 31.9 Å². The van der Waals surface area contributed by atoms with Gasteiger partial charge in [0.2, 0.25) is 0 Å². The molecule has 1 aromatic carbocycles. The quantitative estimate of drug-likeness (QED) is 0.899. The number of rotatable bonds is 3. The molecular weight excluding hydrogens is 360 g/mol. The standard InChI is InChI=1S/C12H14Br2N4/c1-7-6-8(4-5-9(7)13)10(15-2)11-12(14)16-17-18(11)3/h4-6,10,15H,1-3H3. The van der Waals surface area contributed by atoms with Crippen LogP contribution in [-0.4, -0.2) is 22.0 Å². The molecule has 2 aromatic rings. The van der Waals surface area contributed by atoms with Crippen molar-refractivity contribution in [3.05, 3.63) is 44.1 Å². The number of aromatic nitrogens is 3. The summed E-state index contributed by atoms with van der Waals surface area (Å²) in [7, 11) is 3.82. The van der Waals surface area contributed by atoms with Crippen LogP contribution in [0.2, 0.25) is 0 Å². The Bertz CT molecular complexity index is 546. The van der Waals surface area contributed by atoms with Gasteiger partial charge in [0.15, 0.2) is 4.60 Å². The normalized spacial score (nSPS) is 12.7. The number of halogens is 2. The molecule has 0 saturated heterocycles. The molecule has 0 saturated carbocycles. The lowest BCUT2D eigenvalue weighted by molar-refractivity contribution is 0.596. The summed E-state index contributed by atoms with van der Waals surface area (Å²) in [4.78, 5) is 0. The van der Waals surface area contributed by atoms with Crippen molar-refractivity contribution in [3.63, 3.8) is 0 Å². The largest absolute Gasteiger partial charge is 0.308 e. The zero-order valence-electron chi connectivity index (χ0n) is 10.4. The van der Waals surface area contributed by atoms with E-state index in [9.17, 15) is 0 Å². The number of hydrogen-bond acceptors (Lipinski definition) is 3. The lowest BCUT2D eigenvalue weighted by Gasteiger charge is -2.18. The van der Waals surface area contributed by atoms with E-state index in [1.165, 1.54) is 11.1 Å². The summed E-state index contributed by atoms with van der Waals surface area (Å²) >= 11 is 6.96. The van der Waals surface area contributed by atoms with Gasteiger partial charge in [0.05, 0.1) is 11.7 Å². The van der Waals surface area contributed by atoms with E-state index in [2.05, 4.69) is 72.6 Å². The Morgan fingerprint density at radius 2 is 2.06 bits per heavy atom. The monoisotopic (exact) mass is 372 g/mol. The predicted molar refractivity (Wildman–Crippen MR) is 78.5 cm³/mol. The second kappa shape index (κ2) is 5.50. The molecule has 1 heterocycles. The first-order valence-electron chi connectivity index (χ1n) is 5.53. The number of nitrogens with one attached hydrogen (secondary N) is 1. The second-order valence-corrected chi connectivity index (χ2v) is 5.72. The van der Waals surface area contributed by atoms with Gasteiger partial charge in [0.1, 0.15) is 0 Å². The van der Waals surface area contributed by atoms with E-state index in [1.807, 2.05) is 14.1 Å². The third-order valence-electron chi connectivity index (χ3n) is 2.90. The summed E-state index contributed by atoms with van der Waals surface area (Å²) in [6.45, 7) is 2.08. The minimum Gasteiger partial charge on any atom is -0.308 e. The molecule has 1 atom stereocenters. The first-order chi connectivity index (χ1) is 8.54. The Labute approximate surface area is 123 Å². The molecule has 0 bridgehead atoms. The van der Waals surface area contributed by atoms with Gasteiger partial charge in [-0.25, -0.2) is 4.68 Å². The molecule has 0 spiro atoms. The van der Waals surface area contributed by atoms with Gasteiger partial charge < -0.3 is 5.32 Å². The maximum absolute atomic E-state index is 4.03. The van der Waals surface area contributed by atoms with Crippen molar-refractivity contribution in [2.45, 2.75) is 13.0 Å². The minimum absolute atomic E-state index is 0.0613. The lowest BCUT2D eigenvalue weighted by atomic mass is 10.0. The highest BCUT2D eigenvalue weighted by molar-refractivity contribution is 9.10. The minimum atomic E-state index is 0.0613. The Hall–Kier alpha value is -0.720. The Morgan fingerprint density at radius 1 is 1.33 bits per heavy atom. The maximum Gasteiger partial charge on any atom is 0.153 e. The first kappa shape index (κ1) is 13.7. The van der Waals surface area contributed by atoms with Crippen LogP contribution in [0, 0.1) is 6.92 Å². The van der Waals surface area contributed by atoms with E-state index in [0.717, 1.165) is 14.8 Å². The smallest absolute Gasteiger partial charge is 0.153 e. The molecular formula is C12H14Br2N4. The van der Waals surface area contributed by atoms with E-state index in [0.29, 0.717) is 0 Å². The average molecular weight is 374 g/mol. The van der Waals surface area contributed by atoms with Gasteiger partial charge in [0.25, 0.3) is 0 Å². The third-order valence-corrected chi connectivity index (χ3v) is 4.36. The van der Waals surface area contributed by atoms with Crippen LogP contribution in [0.4, 0.5) is 0 Å². The second-order valence-electron chi connectivity index (χ2n) is 4.12. The summed E-state index contributed by atoms with van der Waals surface area (Å²) in [6.07, 6.45) is 0. The molecule has 0 aliphatic heterocycles. The number of nitrogens with zero attached hydrogens (tertiary/aromatic N) is 3. The molecule has 4 nitrogen and oxygen atoms in total. The number of aryl methyl sites for hydroxylation is 2. The molecule has 1 unspecified atom stereocenters. The van der Waals surface area contributed by atoms with Crippen molar-refractivity contribution < 1.29 is 0 Å². The van der Waals surface area contributed by atoms with Gasteiger partial charge in [-0.15, -0.1) is 5.10 Å². The van der Waals surface area contributed by atoms with E-state index >= 15 is 0 Å². The fourth-order valence-corrected chi connectivity index (χ4v) is 2.76. The van der Waals surface area contributed by atoms with Gasteiger partial charge in [-0.3, -0.25) is 0 Å². The van der Waals surface area contributed by atoms with Crippen LogP contribution in [0.15, 0.2) is 27.3 Å². The summed E-state index contributed by atoms with van der Waals surface area (Å²) in [5.41, 5.74) is 3.41. The van der Waals surface area contributed by atoms with Gasteiger partial charge in [-0.1, -0.05) is 33.3 Å². The number of hydrogen-bond donors (Lipinski definition) is 1. The Kier molecular flexibility index (Phi) is 4.19. The first-order valence-corrected chi connectivity index (χ1v) is 7.11. The van der Waals surface area contributed by atoms with Gasteiger partial charge >= 0.3 is 0 Å². The van der Waals surface area contributed by atoms with Crippen LogP contribution in [0.3, 0.4) is 0 Å². The highest BCUT2D eigenvalue weighted by atomic mass is 79.9. The van der Waals surface area contributed by atoms with Crippen LogP contribution in [-0.2, 0) is 7.05 Å². The van der Waals surface area contributed by atoms with E-state index in [-0.39, 0.29) is 6.04 Å². The number of benzene rings is 1. The average Bonchev–Trinajstić information content (AvgIpc) is 2.66. The van der Waals surface area contributed by atoms with Crippen molar-refractivity contribution in [2.75, 3.05) is 7.05 Å². The van der Waals surface area contributed by atoms with Gasteiger partial charge in [-0.05, 0) is 47.1 Å². The predicted octanol–water partition coefficient (Wildman–Crippen LogP) is 2.96. The Morgan fingerprint density at radius 3 is 2.56 bits per heavy atom. The van der Waals surface area contributed by atoms with Crippen molar-refractivity contribution in [3.8, 4) is 0 Å². The third kappa shape index (κ3) is 2.50. The molecule has 0 radical (unpaired) electrons. The summed E-state index contributed by atoms with van der Waals surface area (Å²) in [5, 5.41) is 11.4. The molecule has 2 rings (SSSR count). The zero-order chi connectivity index (χ0) is 13.3.